The standard InChI is InChI=1S/C30H28FN3O5S2/c1-17(2)13-14-38-21-9-6-8-19(15-21)25-24(26(35)23-12-11-18(3)39-23)27(36)28(37)34(25)29-32-33-30(41-29)40-16-20-7-4-5-10-22(20)31/h4-12,15,17,25,36H,13-14,16H2,1-3H3. The Labute approximate surface area is 244 Å². The number of nitrogens with zero attached hydrogens (tertiary/aromatic N) is 3. The summed E-state index contributed by atoms with van der Waals surface area (Å²) in [5.41, 5.74) is 0.936. The van der Waals surface area contributed by atoms with Crippen LogP contribution >= 0.6 is 23.1 Å². The molecule has 0 radical (unpaired) electrons. The molecule has 3 heterocycles. The zero-order valence-corrected chi connectivity index (χ0v) is 24.3. The second-order valence-electron chi connectivity index (χ2n) is 9.91. The minimum atomic E-state index is -1.01. The molecule has 0 saturated heterocycles. The second kappa shape index (κ2) is 12.3. The Morgan fingerprint density at radius 2 is 1.98 bits per heavy atom. The molecule has 1 amide bonds. The van der Waals surface area contributed by atoms with Gasteiger partial charge in [-0.3, -0.25) is 14.5 Å². The SMILES string of the molecule is Cc1ccc(C(=O)C2=C(O)C(=O)N(c3nnc(SCc4ccccc4F)s3)C2c2cccc(OCCC(C)C)c2)o1. The van der Waals surface area contributed by atoms with Gasteiger partial charge in [-0.05, 0) is 60.7 Å². The molecule has 1 N–H and O–H groups in total. The number of carbonyl (C=O) groups excluding carboxylic acids is 2. The number of hydrogen-bond donors (Lipinski definition) is 1. The number of aliphatic hydroxyl groups excluding tert-OH is 1. The van der Waals surface area contributed by atoms with Crippen molar-refractivity contribution in [2.24, 2.45) is 5.92 Å². The summed E-state index contributed by atoms with van der Waals surface area (Å²) in [5, 5.41) is 19.6. The molecule has 212 valence electrons. The van der Waals surface area contributed by atoms with Gasteiger partial charge in [-0.15, -0.1) is 10.2 Å². The quantitative estimate of drug-likeness (QED) is 0.112. The van der Waals surface area contributed by atoms with Crippen LogP contribution in [0.3, 0.4) is 0 Å². The van der Waals surface area contributed by atoms with Crippen LogP contribution < -0.4 is 9.64 Å². The summed E-state index contributed by atoms with van der Waals surface area (Å²) >= 11 is 2.39. The van der Waals surface area contributed by atoms with E-state index in [0.717, 1.165) is 17.8 Å². The molecule has 1 aliphatic heterocycles. The van der Waals surface area contributed by atoms with E-state index in [2.05, 4.69) is 24.0 Å². The van der Waals surface area contributed by atoms with Crippen LogP contribution in [0.5, 0.6) is 5.75 Å². The van der Waals surface area contributed by atoms with E-state index in [9.17, 15) is 19.1 Å². The lowest BCUT2D eigenvalue weighted by atomic mass is 9.95. The minimum Gasteiger partial charge on any atom is -0.503 e. The van der Waals surface area contributed by atoms with Crippen molar-refractivity contribution >= 4 is 39.9 Å². The van der Waals surface area contributed by atoms with Gasteiger partial charge in [0.05, 0.1) is 18.2 Å². The van der Waals surface area contributed by atoms with Crippen LogP contribution in [0, 0.1) is 18.7 Å². The van der Waals surface area contributed by atoms with Crippen LogP contribution in [0.25, 0.3) is 0 Å². The Hall–Kier alpha value is -3.96. The molecule has 4 aromatic rings. The Morgan fingerprint density at radius 3 is 2.71 bits per heavy atom. The lowest BCUT2D eigenvalue weighted by Crippen LogP contribution is -2.31. The van der Waals surface area contributed by atoms with Crippen molar-refractivity contribution in [2.45, 2.75) is 43.3 Å². The van der Waals surface area contributed by atoms with Crippen LogP contribution in [-0.2, 0) is 10.5 Å². The molecule has 0 spiro atoms. The van der Waals surface area contributed by atoms with Gasteiger partial charge >= 0.3 is 0 Å². The number of aliphatic hydroxyl groups is 1. The van der Waals surface area contributed by atoms with Gasteiger partial charge in [0.25, 0.3) is 5.91 Å². The van der Waals surface area contributed by atoms with Crippen LogP contribution in [-0.4, -0.2) is 33.6 Å². The number of hydrogen-bond acceptors (Lipinski definition) is 9. The zero-order valence-electron chi connectivity index (χ0n) is 22.7. The van der Waals surface area contributed by atoms with E-state index in [0.29, 0.717) is 45.3 Å². The van der Waals surface area contributed by atoms with Crippen LogP contribution in [0.15, 0.2) is 80.8 Å². The Bertz CT molecular complexity index is 1610. The van der Waals surface area contributed by atoms with E-state index in [1.165, 1.54) is 28.8 Å². The highest BCUT2D eigenvalue weighted by atomic mass is 32.2. The Morgan fingerprint density at radius 1 is 1.17 bits per heavy atom. The molecule has 1 aliphatic rings. The van der Waals surface area contributed by atoms with Crippen LogP contribution in [0.2, 0.25) is 0 Å². The summed E-state index contributed by atoms with van der Waals surface area (Å²) in [4.78, 5) is 28.4. The molecule has 1 atom stereocenters. The average Bonchev–Trinajstić information content (AvgIpc) is 3.66. The molecule has 11 heteroatoms. The summed E-state index contributed by atoms with van der Waals surface area (Å²) in [6, 6.07) is 15.7. The molecule has 8 nitrogen and oxygen atoms in total. The van der Waals surface area contributed by atoms with Crippen molar-refractivity contribution in [3.63, 3.8) is 0 Å². The summed E-state index contributed by atoms with van der Waals surface area (Å²) in [7, 11) is 0. The van der Waals surface area contributed by atoms with E-state index < -0.39 is 23.5 Å². The third kappa shape index (κ3) is 6.20. The summed E-state index contributed by atoms with van der Waals surface area (Å²) in [6.45, 7) is 6.42. The van der Waals surface area contributed by atoms with Gasteiger partial charge in [0.2, 0.25) is 10.9 Å². The van der Waals surface area contributed by atoms with Gasteiger partial charge < -0.3 is 14.3 Å². The molecule has 0 fully saturated rings. The second-order valence-corrected chi connectivity index (χ2v) is 12.1. The fourth-order valence-corrected chi connectivity index (χ4v) is 6.19. The van der Waals surface area contributed by atoms with Gasteiger partial charge in [0.15, 0.2) is 15.9 Å². The third-order valence-electron chi connectivity index (χ3n) is 6.47. The maximum Gasteiger partial charge on any atom is 0.296 e. The number of benzene rings is 2. The number of aryl methyl sites for hydroxylation is 1. The topological polar surface area (TPSA) is 106 Å². The number of halogens is 1. The molecular weight excluding hydrogens is 565 g/mol. The van der Waals surface area contributed by atoms with E-state index >= 15 is 0 Å². The molecule has 0 bridgehead atoms. The first-order valence-electron chi connectivity index (χ1n) is 13.0. The van der Waals surface area contributed by atoms with Crippen molar-refractivity contribution in [3.05, 3.63) is 100 Å². The lowest BCUT2D eigenvalue weighted by Gasteiger charge is -2.24. The average molecular weight is 594 g/mol. The maximum absolute atomic E-state index is 14.1. The number of thioether (sulfide) groups is 1. The molecular formula is C30H28FN3O5S2. The highest BCUT2D eigenvalue weighted by Crippen LogP contribution is 2.44. The van der Waals surface area contributed by atoms with E-state index in [-0.39, 0.29) is 22.3 Å². The number of ketones is 1. The monoisotopic (exact) mass is 593 g/mol. The number of Topliss-reactive ketones (excluding diaryl/α,β-unsaturated/α-hetero) is 1. The normalized spacial score (nSPS) is 15.3. The van der Waals surface area contributed by atoms with Crippen molar-refractivity contribution in [3.8, 4) is 5.75 Å². The summed E-state index contributed by atoms with van der Waals surface area (Å²) < 4.78 is 26.1. The maximum atomic E-state index is 14.1. The molecule has 0 aliphatic carbocycles. The number of aromatic nitrogens is 2. The fraction of sp³-hybridized carbons (Fsp3) is 0.267. The number of ether oxygens (including phenoxy) is 1. The highest BCUT2D eigenvalue weighted by molar-refractivity contribution is 8.00. The molecule has 1 unspecified atom stereocenters. The first-order valence-corrected chi connectivity index (χ1v) is 14.8. The van der Waals surface area contributed by atoms with Gasteiger partial charge in [0.1, 0.15) is 17.3 Å². The van der Waals surface area contributed by atoms with E-state index in [4.69, 9.17) is 9.15 Å². The van der Waals surface area contributed by atoms with E-state index in [1.807, 2.05) is 0 Å². The van der Waals surface area contributed by atoms with Gasteiger partial charge in [-0.1, -0.05) is 67.3 Å². The zero-order chi connectivity index (χ0) is 29.1. The number of amides is 1. The fourth-order valence-electron chi connectivity index (χ4n) is 4.34. The third-order valence-corrected chi connectivity index (χ3v) is 8.57. The van der Waals surface area contributed by atoms with Crippen LogP contribution in [0.4, 0.5) is 9.52 Å². The van der Waals surface area contributed by atoms with Crippen molar-refractivity contribution in [2.75, 3.05) is 11.5 Å². The number of carbonyl (C=O) groups is 2. The van der Waals surface area contributed by atoms with Gasteiger partial charge in [0, 0.05) is 5.75 Å². The van der Waals surface area contributed by atoms with E-state index in [1.54, 1.807) is 55.5 Å². The van der Waals surface area contributed by atoms with Crippen LogP contribution in [0.1, 0.15) is 53.8 Å². The van der Waals surface area contributed by atoms with Crippen molar-refractivity contribution in [1.29, 1.82) is 0 Å². The predicted molar refractivity (Wildman–Crippen MR) is 155 cm³/mol. The summed E-state index contributed by atoms with van der Waals surface area (Å²) in [5.74, 6) is -0.517. The van der Waals surface area contributed by atoms with Gasteiger partial charge in [-0.25, -0.2) is 4.39 Å². The van der Waals surface area contributed by atoms with Crippen molar-refractivity contribution < 1.29 is 28.2 Å². The summed E-state index contributed by atoms with van der Waals surface area (Å²) in [6.07, 6.45) is 0.860. The molecule has 2 aromatic heterocycles. The number of anilines is 1. The first kappa shape index (κ1) is 28.6. The predicted octanol–water partition coefficient (Wildman–Crippen LogP) is 7.08. The van der Waals surface area contributed by atoms with Gasteiger partial charge in [-0.2, -0.15) is 0 Å². The Kier molecular flexibility index (Phi) is 8.55. The Balaban J connectivity index is 1.49. The lowest BCUT2D eigenvalue weighted by molar-refractivity contribution is -0.117. The smallest absolute Gasteiger partial charge is 0.296 e. The molecule has 5 rings (SSSR count). The molecule has 41 heavy (non-hydrogen) atoms. The molecule has 2 aromatic carbocycles. The number of rotatable bonds is 11. The minimum absolute atomic E-state index is 0.00596. The first-order chi connectivity index (χ1) is 19.7. The molecule has 0 saturated carbocycles. The number of furan rings is 1. The van der Waals surface area contributed by atoms with Crippen molar-refractivity contribution in [1.82, 2.24) is 10.2 Å². The largest absolute Gasteiger partial charge is 0.503 e. The highest BCUT2D eigenvalue weighted by Gasteiger charge is 2.46.